The number of rotatable bonds is 5. The Balaban J connectivity index is 2.07. The number of benzene rings is 1. The van der Waals surface area contributed by atoms with Gasteiger partial charge in [-0.15, -0.1) is 0 Å². The van der Waals surface area contributed by atoms with Crippen molar-refractivity contribution in [1.29, 1.82) is 0 Å². The average molecular weight is 362 g/mol. The van der Waals surface area contributed by atoms with Crippen molar-refractivity contribution in [2.75, 3.05) is 11.4 Å². The summed E-state index contributed by atoms with van der Waals surface area (Å²) in [4.78, 5) is 35.9. The fourth-order valence-electron chi connectivity index (χ4n) is 2.51. The molecule has 0 saturated carbocycles. The Bertz CT molecular complexity index is 692. The average Bonchev–Trinajstić information content (AvgIpc) is 2.87. The molecular weight excluding hydrogens is 348 g/mol. The van der Waals surface area contributed by atoms with Crippen molar-refractivity contribution in [3.63, 3.8) is 0 Å². The Morgan fingerprint density at radius 3 is 2.52 bits per heavy atom. The zero-order chi connectivity index (χ0) is 18.8. The Kier molecular flexibility index (Phi) is 5.29. The van der Waals surface area contributed by atoms with Crippen LogP contribution in [-0.2, 0) is 14.4 Å². The van der Waals surface area contributed by atoms with Gasteiger partial charge in [0.25, 0.3) is 0 Å². The van der Waals surface area contributed by atoms with Gasteiger partial charge >= 0.3 is 12.1 Å². The van der Waals surface area contributed by atoms with E-state index in [1.165, 1.54) is 18.2 Å². The van der Waals surface area contributed by atoms with Crippen LogP contribution in [0.15, 0.2) is 24.3 Å². The van der Waals surface area contributed by atoms with Gasteiger partial charge in [0.2, 0.25) is 11.8 Å². The molecule has 10 heteroatoms. The van der Waals surface area contributed by atoms with Crippen molar-refractivity contribution in [3.8, 4) is 0 Å². The molecule has 0 radical (unpaired) electrons. The van der Waals surface area contributed by atoms with Crippen LogP contribution < -0.4 is 10.2 Å². The van der Waals surface area contributed by atoms with Gasteiger partial charge in [0.05, 0.1) is 18.0 Å². The molecule has 1 aromatic rings. The largest absolute Gasteiger partial charge is 0.480 e. The van der Waals surface area contributed by atoms with Crippen molar-refractivity contribution in [2.24, 2.45) is 5.92 Å². The normalized spacial score (nSPS) is 19.0. The van der Waals surface area contributed by atoms with E-state index in [2.05, 4.69) is 0 Å². The van der Waals surface area contributed by atoms with Crippen LogP contribution in [0.2, 0.25) is 0 Å². The van der Waals surface area contributed by atoms with E-state index in [1.807, 2.05) is 0 Å². The molecule has 2 rings (SSSR count). The molecule has 0 spiro atoms. The zero-order valence-corrected chi connectivity index (χ0v) is 12.7. The maximum absolute atomic E-state index is 13.7. The lowest BCUT2D eigenvalue weighted by atomic mass is 10.1. The van der Waals surface area contributed by atoms with Gasteiger partial charge in [-0.2, -0.15) is 13.2 Å². The first kappa shape index (κ1) is 18.7. The number of nitrogens with one attached hydrogen (secondary N) is 1. The summed E-state index contributed by atoms with van der Waals surface area (Å²) in [6.45, 7) is -0.246. The van der Waals surface area contributed by atoms with E-state index < -0.39 is 48.2 Å². The summed E-state index contributed by atoms with van der Waals surface area (Å²) >= 11 is 0. The molecular formula is C15H14F4N2O4. The third-order valence-corrected chi connectivity index (χ3v) is 3.69. The number of aliphatic carboxylic acids is 1. The number of nitrogens with zero attached hydrogens (tertiary/aromatic N) is 1. The molecule has 1 aromatic carbocycles. The molecule has 1 aliphatic heterocycles. The van der Waals surface area contributed by atoms with Crippen molar-refractivity contribution >= 4 is 23.5 Å². The minimum absolute atomic E-state index is 0.0483. The van der Waals surface area contributed by atoms with Crippen molar-refractivity contribution in [1.82, 2.24) is 5.32 Å². The second-order valence-corrected chi connectivity index (χ2v) is 5.58. The van der Waals surface area contributed by atoms with Gasteiger partial charge in [-0.1, -0.05) is 12.1 Å². The first-order valence-electron chi connectivity index (χ1n) is 7.23. The number of para-hydroxylation sites is 1. The molecule has 1 fully saturated rings. The predicted molar refractivity (Wildman–Crippen MR) is 77.1 cm³/mol. The molecule has 25 heavy (non-hydrogen) atoms. The van der Waals surface area contributed by atoms with Crippen LogP contribution >= 0.6 is 0 Å². The molecule has 6 nitrogen and oxygen atoms in total. The lowest BCUT2D eigenvalue weighted by molar-refractivity contribution is -0.160. The molecule has 2 N–H and O–H groups in total. The maximum atomic E-state index is 13.7. The summed E-state index contributed by atoms with van der Waals surface area (Å²) in [5.74, 6) is -5.16. The van der Waals surface area contributed by atoms with E-state index in [4.69, 9.17) is 5.11 Å². The first-order valence-corrected chi connectivity index (χ1v) is 7.23. The lowest BCUT2D eigenvalue weighted by Crippen LogP contribution is -2.46. The zero-order valence-electron chi connectivity index (χ0n) is 12.7. The van der Waals surface area contributed by atoms with Crippen LogP contribution in [-0.4, -0.2) is 41.7 Å². The molecule has 136 valence electrons. The molecule has 2 amide bonds. The fraction of sp³-hybridized carbons (Fsp3) is 0.400. The molecule has 2 atom stereocenters. The van der Waals surface area contributed by atoms with E-state index in [1.54, 1.807) is 5.32 Å². The Morgan fingerprint density at radius 2 is 1.96 bits per heavy atom. The van der Waals surface area contributed by atoms with Crippen LogP contribution in [0.3, 0.4) is 0 Å². The second-order valence-electron chi connectivity index (χ2n) is 5.58. The van der Waals surface area contributed by atoms with E-state index >= 15 is 0 Å². The smallest absolute Gasteiger partial charge is 0.391 e. The Labute approximate surface area is 139 Å². The summed E-state index contributed by atoms with van der Waals surface area (Å²) in [5.41, 5.74) is -0.0483. The Hall–Kier alpha value is -2.65. The summed E-state index contributed by atoms with van der Waals surface area (Å²) < 4.78 is 50.8. The monoisotopic (exact) mass is 362 g/mol. The van der Waals surface area contributed by atoms with Crippen LogP contribution in [0.1, 0.15) is 12.8 Å². The van der Waals surface area contributed by atoms with Gasteiger partial charge < -0.3 is 15.3 Å². The minimum atomic E-state index is -4.78. The van der Waals surface area contributed by atoms with Gasteiger partial charge in [-0.3, -0.25) is 9.59 Å². The molecule has 2 unspecified atom stereocenters. The highest BCUT2D eigenvalue weighted by Crippen LogP contribution is 2.28. The summed E-state index contributed by atoms with van der Waals surface area (Å²) in [7, 11) is 0. The van der Waals surface area contributed by atoms with Gasteiger partial charge in [-0.25, -0.2) is 9.18 Å². The number of hydrogen-bond acceptors (Lipinski definition) is 3. The minimum Gasteiger partial charge on any atom is -0.480 e. The van der Waals surface area contributed by atoms with Crippen LogP contribution in [0, 0.1) is 11.7 Å². The van der Waals surface area contributed by atoms with E-state index in [0.717, 1.165) is 11.0 Å². The summed E-state index contributed by atoms with van der Waals surface area (Å²) in [5, 5.41) is 10.6. The highest BCUT2D eigenvalue weighted by atomic mass is 19.4. The number of halogens is 4. The standard InChI is InChI=1S/C15H14F4N2O4/c16-9-3-1-2-4-11(9)21-7-8(5-12(21)22)13(23)20-10(14(24)25)6-15(17,18)19/h1-4,8,10H,5-7H2,(H,20,23)(H,24,25). The molecule has 0 aromatic heterocycles. The van der Waals surface area contributed by atoms with Gasteiger partial charge in [0, 0.05) is 13.0 Å². The molecule has 0 aliphatic carbocycles. The topological polar surface area (TPSA) is 86.7 Å². The number of hydrogen-bond donors (Lipinski definition) is 2. The number of carboxylic acid groups (broad SMARTS) is 1. The maximum Gasteiger partial charge on any atom is 0.391 e. The Morgan fingerprint density at radius 1 is 1.32 bits per heavy atom. The third kappa shape index (κ3) is 4.68. The third-order valence-electron chi connectivity index (χ3n) is 3.69. The SMILES string of the molecule is O=C(NC(CC(F)(F)F)C(=O)O)C1CC(=O)N(c2ccccc2F)C1. The number of carbonyl (C=O) groups excluding carboxylic acids is 2. The van der Waals surface area contributed by atoms with Crippen LogP contribution in [0.25, 0.3) is 0 Å². The van der Waals surface area contributed by atoms with Gasteiger partial charge in [0.1, 0.15) is 11.9 Å². The first-order chi connectivity index (χ1) is 11.6. The number of alkyl halides is 3. The molecule has 1 aliphatic rings. The van der Waals surface area contributed by atoms with E-state index in [0.29, 0.717) is 0 Å². The van der Waals surface area contributed by atoms with Crippen molar-refractivity contribution < 1.29 is 37.1 Å². The highest BCUT2D eigenvalue weighted by molar-refractivity contribution is 6.00. The lowest BCUT2D eigenvalue weighted by Gasteiger charge is -2.19. The number of amides is 2. The van der Waals surface area contributed by atoms with E-state index in [9.17, 15) is 31.9 Å². The number of carbonyl (C=O) groups is 3. The van der Waals surface area contributed by atoms with Crippen LogP contribution in [0.5, 0.6) is 0 Å². The van der Waals surface area contributed by atoms with Crippen molar-refractivity contribution in [3.05, 3.63) is 30.1 Å². The fourth-order valence-corrected chi connectivity index (χ4v) is 2.51. The van der Waals surface area contributed by atoms with Gasteiger partial charge in [-0.05, 0) is 12.1 Å². The van der Waals surface area contributed by atoms with Crippen molar-refractivity contribution in [2.45, 2.75) is 25.1 Å². The van der Waals surface area contributed by atoms with E-state index in [-0.39, 0.29) is 18.7 Å². The number of anilines is 1. The summed E-state index contributed by atoms with van der Waals surface area (Å²) in [6, 6.07) is 3.21. The molecule has 1 saturated heterocycles. The van der Waals surface area contributed by atoms with Crippen LogP contribution in [0.4, 0.5) is 23.2 Å². The van der Waals surface area contributed by atoms with Gasteiger partial charge in [0.15, 0.2) is 0 Å². The quantitative estimate of drug-likeness (QED) is 0.781. The highest BCUT2D eigenvalue weighted by Gasteiger charge is 2.40. The predicted octanol–water partition coefficient (Wildman–Crippen LogP) is 1.70. The molecule has 1 heterocycles. The second kappa shape index (κ2) is 7.08. The number of carboxylic acids is 1. The summed E-state index contributed by atoms with van der Waals surface area (Å²) in [6.07, 6.45) is -6.86. The molecule has 0 bridgehead atoms.